The Bertz CT molecular complexity index is 821. The van der Waals surface area contributed by atoms with Gasteiger partial charge in [-0.25, -0.2) is 0 Å². The van der Waals surface area contributed by atoms with E-state index in [0.29, 0.717) is 37.8 Å². The molecule has 0 saturated carbocycles. The molecular weight excluding hydrogens is 352 g/mol. The van der Waals surface area contributed by atoms with E-state index in [1.165, 1.54) is 0 Å². The Hall–Kier alpha value is -2.54. The first-order chi connectivity index (χ1) is 12.6. The molecule has 2 aliphatic heterocycles. The Morgan fingerprint density at radius 3 is 2.85 bits per heavy atom. The fourth-order valence-electron chi connectivity index (χ4n) is 3.35. The number of nitrogens with zero attached hydrogens (tertiary/aromatic N) is 2. The number of anilines is 1. The molecular formula is C19H20N2O4S. The van der Waals surface area contributed by atoms with Crippen molar-refractivity contribution in [2.45, 2.75) is 13.0 Å². The number of ether oxygens (including phenoxy) is 2. The van der Waals surface area contributed by atoms with Crippen LogP contribution in [-0.2, 0) is 16.1 Å². The van der Waals surface area contributed by atoms with Gasteiger partial charge in [0, 0.05) is 36.6 Å². The minimum atomic E-state index is -0.319. The lowest BCUT2D eigenvalue weighted by Crippen LogP contribution is -2.34. The number of amides is 2. The summed E-state index contributed by atoms with van der Waals surface area (Å²) >= 11 is 1.63. The van der Waals surface area contributed by atoms with Crippen molar-refractivity contribution in [3.8, 4) is 11.5 Å². The Morgan fingerprint density at radius 2 is 2.08 bits per heavy atom. The molecule has 1 atom stereocenters. The Balaban J connectivity index is 1.45. The molecule has 2 aromatic rings. The minimum Gasteiger partial charge on any atom is -0.486 e. The molecule has 26 heavy (non-hydrogen) atoms. The highest BCUT2D eigenvalue weighted by atomic mass is 32.1. The lowest BCUT2D eigenvalue weighted by Gasteiger charge is -2.23. The van der Waals surface area contributed by atoms with Crippen LogP contribution >= 0.6 is 11.3 Å². The van der Waals surface area contributed by atoms with Gasteiger partial charge in [0.25, 0.3) is 0 Å². The second kappa shape index (κ2) is 6.99. The topological polar surface area (TPSA) is 59.1 Å². The maximum Gasteiger partial charge on any atom is 0.228 e. The number of hydrogen-bond acceptors (Lipinski definition) is 5. The van der Waals surface area contributed by atoms with E-state index in [1.54, 1.807) is 28.2 Å². The highest BCUT2D eigenvalue weighted by molar-refractivity contribution is 7.09. The first-order valence-corrected chi connectivity index (χ1v) is 9.47. The van der Waals surface area contributed by atoms with Crippen molar-refractivity contribution in [2.75, 3.05) is 31.7 Å². The Morgan fingerprint density at radius 1 is 1.27 bits per heavy atom. The van der Waals surface area contributed by atoms with E-state index < -0.39 is 0 Å². The van der Waals surface area contributed by atoms with Crippen LogP contribution in [0.1, 0.15) is 11.3 Å². The van der Waals surface area contributed by atoms with Gasteiger partial charge < -0.3 is 19.3 Å². The van der Waals surface area contributed by atoms with E-state index in [9.17, 15) is 9.59 Å². The summed E-state index contributed by atoms with van der Waals surface area (Å²) in [6.45, 7) is 2.00. The van der Waals surface area contributed by atoms with E-state index in [4.69, 9.17) is 9.47 Å². The molecule has 1 fully saturated rings. The second-order valence-corrected chi connectivity index (χ2v) is 7.54. The third kappa shape index (κ3) is 3.26. The average Bonchev–Trinajstić information content (AvgIpc) is 3.30. The van der Waals surface area contributed by atoms with Gasteiger partial charge in [0.1, 0.15) is 13.2 Å². The van der Waals surface area contributed by atoms with Gasteiger partial charge in [-0.15, -0.1) is 11.3 Å². The molecule has 0 unspecified atom stereocenters. The third-order valence-electron chi connectivity index (χ3n) is 4.66. The Labute approximate surface area is 155 Å². The van der Waals surface area contributed by atoms with Crippen LogP contribution in [0.4, 0.5) is 5.69 Å². The van der Waals surface area contributed by atoms with Crippen LogP contribution in [0.2, 0.25) is 0 Å². The summed E-state index contributed by atoms with van der Waals surface area (Å²) in [6, 6.07) is 9.45. The SMILES string of the molecule is CN(Cc1cccs1)C(=O)[C@H]1CC(=O)N(c2ccc3c(c2)OCCO3)C1. The van der Waals surface area contributed by atoms with Gasteiger partial charge in [0.2, 0.25) is 11.8 Å². The molecule has 3 heterocycles. The molecule has 0 N–H and O–H groups in total. The fourth-order valence-corrected chi connectivity index (χ4v) is 4.11. The van der Waals surface area contributed by atoms with E-state index >= 15 is 0 Å². The van der Waals surface area contributed by atoms with Gasteiger partial charge >= 0.3 is 0 Å². The van der Waals surface area contributed by atoms with Crippen LogP contribution in [-0.4, -0.2) is 43.5 Å². The summed E-state index contributed by atoms with van der Waals surface area (Å²) < 4.78 is 11.1. The molecule has 136 valence electrons. The number of carbonyl (C=O) groups excluding carboxylic acids is 2. The number of benzene rings is 1. The van der Waals surface area contributed by atoms with Crippen molar-refractivity contribution in [1.29, 1.82) is 0 Å². The van der Waals surface area contributed by atoms with Crippen molar-refractivity contribution in [3.05, 3.63) is 40.6 Å². The van der Waals surface area contributed by atoms with E-state index in [2.05, 4.69) is 0 Å². The molecule has 2 aliphatic rings. The molecule has 4 rings (SSSR count). The molecule has 0 radical (unpaired) electrons. The normalized spacial score (nSPS) is 18.9. The Kier molecular flexibility index (Phi) is 4.55. The van der Waals surface area contributed by atoms with Crippen LogP contribution in [0.5, 0.6) is 11.5 Å². The maximum absolute atomic E-state index is 12.7. The molecule has 1 saturated heterocycles. The van der Waals surface area contributed by atoms with Crippen LogP contribution in [0.15, 0.2) is 35.7 Å². The highest BCUT2D eigenvalue weighted by Crippen LogP contribution is 2.36. The molecule has 7 heteroatoms. The molecule has 1 aromatic carbocycles. The van der Waals surface area contributed by atoms with Gasteiger partial charge in [-0.3, -0.25) is 9.59 Å². The number of carbonyl (C=O) groups is 2. The monoisotopic (exact) mass is 372 g/mol. The highest BCUT2D eigenvalue weighted by Gasteiger charge is 2.37. The van der Waals surface area contributed by atoms with Gasteiger partial charge in [0.05, 0.1) is 12.5 Å². The lowest BCUT2D eigenvalue weighted by atomic mass is 10.1. The third-order valence-corrected chi connectivity index (χ3v) is 5.52. The first kappa shape index (κ1) is 16.9. The second-order valence-electron chi connectivity index (χ2n) is 6.51. The number of thiophene rings is 1. The van der Waals surface area contributed by atoms with Crippen LogP contribution in [0.25, 0.3) is 0 Å². The van der Waals surface area contributed by atoms with Crippen molar-refractivity contribution in [2.24, 2.45) is 5.92 Å². The van der Waals surface area contributed by atoms with Gasteiger partial charge in [-0.2, -0.15) is 0 Å². The zero-order valence-electron chi connectivity index (χ0n) is 14.5. The number of fused-ring (bicyclic) bond motifs is 1. The largest absolute Gasteiger partial charge is 0.486 e. The zero-order chi connectivity index (χ0) is 18.1. The van der Waals surface area contributed by atoms with E-state index in [1.807, 2.05) is 35.7 Å². The maximum atomic E-state index is 12.7. The van der Waals surface area contributed by atoms with E-state index in [-0.39, 0.29) is 24.2 Å². The summed E-state index contributed by atoms with van der Waals surface area (Å²) in [5.74, 6) is 0.984. The predicted octanol–water partition coefficient (Wildman–Crippen LogP) is 2.53. The van der Waals surface area contributed by atoms with Crippen molar-refractivity contribution in [3.63, 3.8) is 0 Å². The van der Waals surface area contributed by atoms with Crippen molar-refractivity contribution in [1.82, 2.24) is 4.90 Å². The summed E-state index contributed by atoms with van der Waals surface area (Å²) in [7, 11) is 1.79. The van der Waals surface area contributed by atoms with Gasteiger partial charge in [-0.1, -0.05) is 6.07 Å². The molecule has 0 spiro atoms. The van der Waals surface area contributed by atoms with Crippen molar-refractivity contribution >= 4 is 28.8 Å². The van der Waals surface area contributed by atoms with Crippen LogP contribution in [0.3, 0.4) is 0 Å². The summed E-state index contributed by atoms with van der Waals surface area (Å²) in [5, 5.41) is 2.00. The minimum absolute atomic E-state index is 0.00629. The molecule has 6 nitrogen and oxygen atoms in total. The van der Waals surface area contributed by atoms with Crippen LogP contribution < -0.4 is 14.4 Å². The average molecular weight is 372 g/mol. The summed E-state index contributed by atoms with van der Waals surface area (Å²) in [6.07, 6.45) is 0.238. The predicted molar refractivity (Wildman–Crippen MR) is 98.7 cm³/mol. The summed E-state index contributed by atoms with van der Waals surface area (Å²) in [4.78, 5) is 29.7. The van der Waals surface area contributed by atoms with E-state index in [0.717, 1.165) is 10.6 Å². The van der Waals surface area contributed by atoms with Gasteiger partial charge in [0.15, 0.2) is 11.5 Å². The molecule has 0 bridgehead atoms. The van der Waals surface area contributed by atoms with Gasteiger partial charge in [-0.05, 0) is 23.6 Å². The molecule has 2 amide bonds. The zero-order valence-corrected chi connectivity index (χ0v) is 15.3. The van der Waals surface area contributed by atoms with Crippen LogP contribution in [0, 0.1) is 5.92 Å². The standard InChI is InChI=1S/C19H20N2O4S/c1-20(12-15-3-2-8-26-15)19(23)13-9-18(22)21(11-13)14-4-5-16-17(10-14)25-7-6-24-16/h2-5,8,10,13H,6-7,9,11-12H2,1H3/t13-/m0/s1. The number of rotatable bonds is 4. The molecule has 1 aromatic heterocycles. The number of hydrogen-bond donors (Lipinski definition) is 0. The molecule has 0 aliphatic carbocycles. The van der Waals surface area contributed by atoms with Crippen molar-refractivity contribution < 1.29 is 19.1 Å². The first-order valence-electron chi connectivity index (χ1n) is 8.59. The fraction of sp³-hybridized carbons (Fsp3) is 0.368. The lowest BCUT2D eigenvalue weighted by molar-refractivity contribution is -0.135. The smallest absolute Gasteiger partial charge is 0.228 e. The summed E-state index contributed by atoms with van der Waals surface area (Å²) in [5.41, 5.74) is 0.746. The quantitative estimate of drug-likeness (QED) is 0.828.